The first-order valence-electron chi connectivity index (χ1n) is 1.11. The number of carboxylic acids is 2. The molecule has 0 aromatic rings. The molecule has 0 fully saturated rings. The van der Waals surface area contributed by atoms with Crippen molar-refractivity contribution in [3.05, 3.63) is 0 Å². The molecule has 0 radical (unpaired) electrons. The molecule has 0 saturated heterocycles. The van der Waals surface area contributed by atoms with Crippen LogP contribution in [-0.2, 0) is 9.59 Å². The first-order valence-corrected chi connectivity index (χ1v) is 1.11. The van der Waals surface area contributed by atoms with Gasteiger partial charge in [0.2, 0.25) is 0 Å². The summed E-state index contributed by atoms with van der Waals surface area (Å²) in [5.41, 5.74) is 0. The van der Waals surface area contributed by atoms with Crippen LogP contribution in [0.25, 0.3) is 0 Å². The summed E-state index contributed by atoms with van der Waals surface area (Å²) in [6, 6.07) is 0. The van der Waals surface area contributed by atoms with Gasteiger partial charge < -0.3 is 10.2 Å². The zero-order chi connectivity index (χ0) is 5.15. The Balaban J connectivity index is -0.000000125. The third-order valence-electron chi connectivity index (χ3n) is 0.183. The van der Waals surface area contributed by atoms with Gasteiger partial charge in [-0.25, -0.2) is 9.59 Å². The topological polar surface area (TPSA) is 74.6 Å². The summed E-state index contributed by atoms with van der Waals surface area (Å²) in [5.74, 6) is -3.65. The number of carboxylic acid groups (broad SMARTS) is 2. The van der Waals surface area contributed by atoms with Crippen molar-refractivity contribution in [3.63, 3.8) is 0 Å². The van der Waals surface area contributed by atoms with Gasteiger partial charge >= 0.3 is 30.8 Å². The molecule has 0 atom stereocenters. The van der Waals surface area contributed by atoms with E-state index in [0.29, 0.717) is 0 Å². The minimum atomic E-state index is -1.82. The predicted molar refractivity (Wildman–Crippen MR) is 29.2 cm³/mol. The molecule has 4 nitrogen and oxygen atoms in total. The van der Waals surface area contributed by atoms with Crippen LogP contribution >= 0.6 is 0 Å². The monoisotopic (exact) mass is 114 g/mol. The molecule has 0 aromatic heterocycles. The van der Waals surface area contributed by atoms with Crippen LogP contribution in [0.3, 0.4) is 0 Å². The van der Waals surface area contributed by atoms with Crippen molar-refractivity contribution in [2.24, 2.45) is 0 Å². The van der Waals surface area contributed by atoms with Crippen molar-refractivity contribution in [1.82, 2.24) is 0 Å². The molecule has 5 heteroatoms. The minimum absolute atomic E-state index is 0. The summed E-state index contributed by atoms with van der Waals surface area (Å²) in [6.07, 6.45) is 0. The molecule has 0 aliphatic heterocycles. The van der Waals surface area contributed by atoms with Crippen LogP contribution in [0.5, 0.6) is 0 Å². The molecule has 0 aromatic carbocycles. The SMILES string of the molecule is C.O=C(O)C(=O)O.[LiH]. The second-order valence-electron chi connectivity index (χ2n) is 0.610. The van der Waals surface area contributed by atoms with Crippen LogP contribution in [0.1, 0.15) is 7.43 Å². The van der Waals surface area contributed by atoms with Crippen molar-refractivity contribution >= 4 is 30.8 Å². The fourth-order valence-corrected chi connectivity index (χ4v) is 0. The van der Waals surface area contributed by atoms with Gasteiger partial charge in [-0.15, -0.1) is 0 Å². The number of carbonyl (C=O) groups is 2. The molecule has 0 spiro atoms. The summed E-state index contributed by atoms with van der Waals surface area (Å²) in [5, 5.41) is 14.8. The Labute approximate surface area is 58.7 Å². The van der Waals surface area contributed by atoms with Crippen LogP contribution in [0.4, 0.5) is 0 Å². The molecule has 0 rings (SSSR count). The Kier molecular flexibility index (Phi) is 12.8. The number of rotatable bonds is 0. The van der Waals surface area contributed by atoms with E-state index in [1.54, 1.807) is 0 Å². The fraction of sp³-hybridized carbons (Fsp3) is 0.333. The zero-order valence-corrected chi connectivity index (χ0v) is 2.71. The molecule has 0 saturated carbocycles. The Hall–Kier alpha value is -0.463. The van der Waals surface area contributed by atoms with E-state index < -0.39 is 11.9 Å². The average Bonchev–Trinajstić information content (AvgIpc) is 1.36. The maximum absolute atomic E-state index is 9.10. The Morgan fingerprint density at radius 3 is 1.12 bits per heavy atom. The van der Waals surface area contributed by atoms with E-state index in [0.717, 1.165) is 0 Å². The number of aliphatic carboxylic acids is 2. The van der Waals surface area contributed by atoms with Crippen molar-refractivity contribution in [1.29, 1.82) is 0 Å². The maximum atomic E-state index is 9.10. The van der Waals surface area contributed by atoms with Gasteiger partial charge in [-0.05, 0) is 0 Å². The normalized spacial score (nSPS) is 5.50. The van der Waals surface area contributed by atoms with Crippen molar-refractivity contribution < 1.29 is 19.8 Å². The quantitative estimate of drug-likeness (QED) is 0.317. The van der Waals surface area contributed by atoms with Gasteiger partial charge in [-0.1, -0.05) is 7.43 Å². The van der Waals surface area contributed by atoms with Crippen LogP contribution in [0.15, 0.2) is 0 Å². The van der Waals surface area contributed by atoms with Gasteiger partial charge in [0.15, 0.2) is 0 Å². The molecular weight excluding hydrogens is 107 g/mol. The van der Waals surface area contributed by atoms with Gasteiger partial charge in [-0.3, -0.25) is 0 Å². The third-order valence-corrected chi connectivity index (χ3v) is 0.183. The first-order chi connectivity index (χ1) is 2.64. The molecule has 0 unspecified atom stereocenters. The zero-order valence-electron chi connectivity index (χ0n) is 2.71. The van der Waals surface area contributed by atoms with Crippen molar-refractivity contribution in [3.8, 4) is 0 Å². The average molecular weight is 114 g/mol. The summed E-state index contributed by atoms with van der Waals surface area (Å²) in [6.45, 7) is 0. The Morgan fingerprint density at radius 1 is 1.00 bits per heavy atom. The second kappa shape index (κ2) is 6.54. The van der Waals surface area contributed by atoms with E-state index >= 15 is 0 Å². The van der Waals surface area contributed by atoms with Crippen molar-refractivity contribution in [2.45, 2.75) is 7.43 Å². The van der Waals surface area contributed by atoms with Crippen LogP contribution < -0.4 is 0 Å². The standard InChI is InChI=1S/C2H2O4.CH4.Li.H/c3-1(4)2(5)6;;;/h(H,3,4)(H,5,6);1H4;;. The summed E-state index contributed by atoms with van der Waals surface area (Å²) in [7, 11) is 0. The van der Waals surface area contributed by atoms with E-state index in [1.165, 1.54) is 0 Å². The van der Waals surface area contributed by atoms with Gasteiger partial charge in [0, 0.05) is 0 Å². The molecule has 2 N–H and O–H groups in total. The molecule has 44 valence electrons. The van der Waals surface area contributed by atoms with E-state index in [9.17, 15) is 0 Å². The van der Waals surface area contributed by atoms with E-state index in [4.69, 9.17) is 19.8 Å². The molecule has 0 aliphatic rings. The molecule has 0 aliphatic carbocycles. The first kappa shape index (κ1) is 15.6. The third kappa shape index (κ3) is 9.11. The van der Waals surface area contributed by atoms with Gasteiger partial charge in [0.1, 0.15) is 0 Å². The second-order valence-corrected chi connectivity index (χ2v) is 0.610. The summed E-state index contributed by atoms with van der Waals surface area (Å²) < 4.78 is 0. The van der Waals surface area contributed by atoms with E-state index in [1.807, 2.05) is 0 Å². The fourth-order valence-electron chi connectivity index (χ4n) is 0. The molecule has 0 bridgehead atoms. The van der Waals surface area contributed by atoms with Gasteiger partial charge in [0.25, 0.3) is 0 Å². The Morgan fingerprint density at radius 2 is 1.12 bits per heavy atom. The molecule has 0 amide bonds. The van der Waals surface area contributed by atoms with Gasteiger partial charge in [0.05, 0.1) is 0 Å². The number of hydrogen-bond donors (Lipinski definition) is 2. The summed E-state index contributed by atoms with van der Waals surface area (Å²) in [4.78, 5) is 18.2. The van der Waals surface area contributed by atoms with Gasteiger partial charge in [-0.2, -0.15) is 0 Å². The van der Waals surface area contributed by atoms with E-state index in [-0.39, 0.29) is 26.3 Å². The predicted octanol–water partition coefficient (Wildman–Crippen LogP) is -0.857. The van der Waals surface area contributed by atoms with Crippen LogP contribution in [-0.4, -0.2) is 41.0 Å². The summed E-state index contributed by atoms with van der Waals surface area (Å²) >= 11 is 0. The van der Waals surface area contributed by atoms with Crippen molar-refractivity contribution in [2.75, 3.05) is 0 Å². The molecular formula is C3H7LiO4. The Bertz CT molecular complexity index is 77.3. The van der Waals surface area contributed by atoms with E-state index in [2.05, 4.69) is 0 Å². The number of hydrogen-bond acceptors (Lipinski definition) is 2. The van der Waals surface area contributed by atoms with Crippen LogP contribution in [0, 0.1) is 0 Å². The van der Waals surface area contributed by atoms with Crippen LogP contribution in [0.2, 0.25) is 0 Å². The molecule has 8 heavy (non-hydrogen) atoms. The molecule has 0 heterocycles.